The number of hydrogen-bond donors (Lipinski definition) is 1. The Hall–Kier alpha value is -1.24. The van der Waals surface area contributed by atoms with E-state index in [1.807, 2.05) is 18.2 Å². The normalized spacial score (nSPS) is 18.7. The molecule has 106 valence electrons. The molecule has 2 rings (SSSR count). The highest BCUT2D eigenvalue weighted by atomic mass is 127. The summed E-state index contributed by atoms with van der Waals surface area (Å²) in [7, 11) is 0. The molecule has 0 saturated carbocycles. The van der Waals surface area contributed by atoms with E-state index in [0.29, 0.717) is 18.4 Å². The zero-order valence-electron chi connectivity index (χ0n) is 11.2. The molecule has 1 aliphatic carbocycles. The van der Waals surface area contributed by atoms with Crippen molar-refractivity contribution < 1.29 is 14.4 Å². The van der Waals surface area contributed by atoms with E-state index < -0.39 is 17.7 Å². The summed E-state index contributed by atoms with van der Waals surface area (Å²) in [6, 6.07) is 5.71. The molecule has 0 spiro atoms. The second-order valence-electron chi connectivity index (χ2n) is 5.20. The molecule has 1 amide bonds. The van der Waals surface area contributed by atoms with Gasteiger partial charge in [-0.05, 0) is 54.0 Å². The van der Waals surface area contributed by atoms with Gasteiger partial charge in [0, 0.05) is 27.4 Å². The molecule has 20 heavy (non-hydrogen) atoms. The fourth-order valence-corrected chi connectivity index (χ4v) is 3.58. The number of hydrogen-bond acceptors (Lipinski definition) is 3. The molecule has 2 atom stereocenters. The van der Waals surface area contributed by atoms with Crippen LogP contribution in [0.3, 0.4) is 0 Å². The molecule has 0 fully saturated rings. The molecule has 0 heterocycles. The Labute approximate surface area is 131 Å². The van der Waals surface area contributed by atoms with Crippen LogP contribution in [-0.4, -0.2) is 17.5 Å². The standard InChI is InChI=1S/C15H16INO3/c1-8(18)5-6-10(15(17)20)11-7-9-3-2-4-12(16)13(9)14(11)19/h2-4,10-11H,5-7H2,1H3,(H2,17,20). The average Bonchev–Trinajstić information content (AvgIpc) is 2.68. The first-order valence-corrected chi connectivity index (χ1v) is 7.60. The summed E-state index contributed by atoms with van der Waals surface area (Å²) in [6.45, 7) is 1.48. The molecule has 0 aromatic heterocycles. The lowest BCUT2D eigenvalue weighted by Crippen LogP contribution is -2.33. The number of nitrogens with two attached hydrogens (primary N) is 1. The summed E-state index contributed by atoms with van der Waals surface area (Å²) in [5.74, 6) is -1.48. The van der Waals surface area contributed by atoms with Crippen molar-refractivity contribution in [1.82, 2.24) is 0 Å². The first kappa shape index (κ1) is 15.2. The van der Waals surface area contributed by atoms with E-state index in [2.05, 4.69) is 22.6 Å². The fourth-order valence-electron chi connectivity index (χ4n) is 2.76. The third-order valence-corrected chi connectivity index (χ3v) is 4.68. The van der Waals surface area contributed by atoms with Crippen molar-refractivity contribution in [3.05, 3.63) is 32.9 Å². The summed E-state index contributed by atoms with van der Waals surface area (Å²) < 4.78 is 0.905. The van der Waals surface area contributed by atoms with Crippen molar-refractivity contribution >= 4 is 40.1 Å². The van der Waals surface area contributed by atoms with Gasteiger partial charge in [-0.1, -0.05) is 12.1 Å². The summed E-state index contributed by atoms with van der Waals surface area (Å²) in [5.41, 5.74) is 7.12. The first-order valence-electron chi connectivity index (χ1n) is 6.52. The van der Waals surface area contributed by atoms with Crippen molar-refractivity contribution in [3.8, 4) is 0 Å². The van der Waals surface area contributed by atoms with Gasteiger partial charge in [0.2, 0.25) is 5.91 Å². The van der Waals surface area contributed by atoms with Crippen LogP contribution in [-0.2, 0) is 16.0 Å². The Bertz CT molecular complexity index is 582. The summed E-state index contributed by atoms with van der Waals surface area (Å²) >= 11 is 2.13. The van der Waals surface area contributed by atoms with Gasteiger partial charge < -0.3 is 10.5 Å². The van der Waals surface area contributed by atoms with Crippen LogP contribution in [0.1, 0.15) is 35.7 Å². The van der Waals surface area contributed by atoms with E-state index in [1.165, 1.54) is 6.92 Å². The number of primary amides is 1. The Kier molecular flexibility index (Phi) is 4.57. The Morgan fingerprint density at radius 1 is 1.45 bits per heavy atom. The predicted molar refractivity (Wildman–Crippen MR) is 83.3 cm³/mol. The molecule has 0 radical (unpaired) electrons. The van der Waals surface area contributed by atoms with Crippen molar-refractivity contribution in [3.63, 3.8) is 0 Å². The van der Waals surface area contributed by atoms with Crippen molar-refractivity contribution in [2.45, 2.75) is 26.2 Å². The number of amides is 1. The number of carbonyl (C=O) groups excluding carboxylic acids is 3. The van der Waals surface area contributed by atoms with Gasteiger partial charge in [-0.25, -0.2) is 0 Å². The Morgan fingerprint density at radius 3 is 2.70 bits per heavy atom. The third-order valence-electron chi connectivity index (χ3n) is 3.78. The molecule has 1 aliphatic rings. The van der Waals surface area contributed by atoms with Gasteiger partial charge in [-0.2, -0.15) is 0 Å². The maximum atomic E-state index is 12.5. The van der Waals surface area contributed by atoms with Gasteiger partial charge in [0.05, 0.1) is 0 Å². The predicted octanol–water partition coefficient (Wildman–Crippen LogP) is 2.12. The molecule has 2 N–H and O–H groups in total. The highest BCUT2D eigenvalue weighted by Gasteiger charge is 2.39. The van der Waals surface area contributed by atoms with E-state index in [0.717, 1.165) is 9.13 Å². The lowest BCUT2D eigenvalue weighted by molar-refractivity contribution is -0.123. The van der Waals surface area contributed by atoms with Crippen LogP contribution < -0.4 is 5.73 Å². The number of benzene rings is 1. The maximum Gasteiger partial charge on any atom is 0.221 e. The monoisotopic (exact) mass is 385 g/mol. The number of halogens is 1. The minimum atomic E-state index is -0.561. The lowest BCUT2D eigenvalue weighted by atomic mass is 9.84. The van der Waals surface area contributed by atoms with E-state index in [-0.39, 0.29) is 18.0 Å². The minimum absolute atomic E-state index is 0.00814. The van der Waals surface area contributed by atoms with Crippen LogP contribution in [0.25, 0.3) is 0 Å². The molecular weight excluding hydrogens is 369 g/mol. The topological polar surface area (TPSA) is 77.2 Å². The van der Waals surface area contributed by atoms with Crippen LogP contribution in [0.15, 0.2) is 18.2 Å². The largest absolute Gasteiger partial charge is 0.369 e. The summed E-state index contributed by atoms with van der Waals surface area (Å²) in [5, 5.41) is 0. The van der Waals surface area contributed by atoms with Gasteiger partial charge in [-0.3, -0.25) is 9.59 Å². The van der Waals surface area contributed by atoms with Crippen LogP contribution in [0.4, 0.5) is 0 Å². The zero-order chi connectivity index (χ0) is 14.9. The number of Topliss-reactive ketones (excluding diaryl/α,β-unsaturated/α-hetero) is 2. The third kappa shape index (κ3) is 2.92. The smallest absolute Gasteiger partial charge is 0.221 e. The molecule has 4 nitrogen and oxygen atoms in total. The van der Waals surface area contributed by atoms with Crippen molar-refractivity contribution in [2.24, 2.45) is 17.6 Å². The van der Waals surface area contributed by atoms with Crippen LogP contribution in [0.2, 0.25) is 0 Å². The van der Waals surface area contributed by atoms with Gasteiger partial charge >= 0.3 is 0 Å². The van der Waals surface area contributed by atoms with Crippen molar-refractivity contribution in [2.75, 3.05) is 0 Å². The molecule has 1 aromatic carbocycles. The minimum Gasteiger partial charge on any atom is -0.369 e. The first-order chi connectivity index (χ1) is 9.41. The zero-order valence-corrected chi connectivity index (χ0v) is 13.3. The van der Waals surface area contributed by atoms with Gasteiger partial charge in [0.15, 0.2) is 5.78 Å². The maximum absolute atomic E-state index is 12.5. The van der Waals surface area contributed by atoms with Gasteiger partial charge in [-0.15, -0.1) is 0 Å². The second-order valence-corrected chi connectivity index (χ2v) is 6.36. The Balaban J connectivity index is 2.25. The van der Waals surface area contributed by atoms with E-state index >= 15 is 0 Å². The Morgan fingerprint density at radius 2 is 2.15 bits per heavy atom. The number of carbonyl (C=O) groups is 3. The van der Waals surface area contributed by atoms with Crippen LogP contribution in [0, 0.1) is 15.4 Å². The number of fused-ring (bicyclic) bond motifs is 1. The molecule has 0 aliphatic heterocycles. The second kappa shape index (κ2) is 6.03. The number of rotatable bonds is 5. The van der Waals surface area contributed by atoms with Gasteiger partial charge in [0.1, 0.15) is 5.78 Å². The number of ketones is 2. The van der Waals surface area contributed by atoms with Crippen LogP contribution in [0.5, 0.6) is 0 Å². The quantitative estimate of drug-likeness (QED) is 0.789. The molecule has 2 unspecified atom stereocenters. The molecule has 0 bridgehead atoms. The molecule has 5 heteroatoms. The van der Waals surface area contributed by atoms with E-state index in [9.17, 15) is 14.4 Å². The lowest BCUT2D eigenvalue weighted by Gasteiger charge is -2.18. The average molecular weight is 385 g/mol. The summed E-state index contributed by atoms with van der Waals surface area (Å²) in [6.07, 6.45) is 1.17. The van der Waals surface area contributed by atoms with E-state index in [1.54, 1.807) is 0 Å². The van der Waals surface area contributed by atoms with Gasteiger partial charge in [0.25, 0.3) is 0 Å². The highest BCUT2D eigenvalue weighted by molar-refractivity contribution is 14.1. The molecule has 1 aromatic rings. The fraction of sp³-hybridized carbons (Fsp3) is 0.400. The molecule has 0 saturated heterocycles. The van der Waals surface area contributed by atoms with Crippen molar-refractivity contribution in [1.29, 1.82) is 0 Å². The molecular formula is C15H16INO3. The van der Waals surface area contributed by atoms with Crippen LogP contribution >= 0.6 is 22.6 Å². The van der Waals surface area contributed by atoms with E-state index in [4.69, 9.17) is 5.73 Å². The summed E-state index contributed by atoms with van der Waals surface area (Å²) in [4.78, 5) is 35.2. The highest BCUT2D eigenvalue weighted by Crippen LogP contribution is 2.35. The SMILES string of the molecule is CC(=O)CCC(C(N)=O)C1Cc2cccc(I)c2C1=O.